The second-order valence-corrected chi connectivity index (χ2v) is 4.83. The highest BCUT2D eigenvalue weighted by atomic mass is 15.2. The highest BCUT2D eigenvalue weighted by molar-refractivity contribution is 4.97. The van der Waals surface area contributed by atoms with Crippen molar-refractivity contribution in [2.75, 3.05) is 26.2 Å². The van der Waals surface area contributed by atoms with E-state index in [2.05, 4.69) is 11.8 Å². The predicted octanol–water partition coefficient (Wildman–Crippen LogP) is 1.07. The lowest BCUT2D eigenvalue weighted by Crippen LogP contribution is -2.32. The first-order valence-corrected chi connectivity index (χ1v) is 5.16. The zero-order valence-corrected chi connectivity index (χ0v) is 8.05. The Kier molecular flexibility index (Phi) is 2.13. The van der Waals surface area contributed by atoms with Gasteiger partial charge in [0.2, 0.25) is 0 Å². The van der Waals surface area contributed by atoms with Crippen molar-refractivity contribution in [3.8, 4) is 0 Å². The van der Waals surface area contributed by atoms with E-state index >= 15 is 0 Å². The van der Waals surface area contributed by atoms with Gasteiger partial charge in [0.25, 0.3) is 0 Å². The average molecular weight is 168 g/mol. The van der Waals surface area contributed by atoms with Gasteiger partial charge in [-0.05, 0) is 43.7 Å². The Morgan fingerprint density at radius 3 is 2.67 bits per heavy atom. The first-order valence-electron chi connectivity index (χ1n) is 5.16. The van der Waals surface area contributed by atoms with Crippen molar-refractivity contribution in [3.05, 3.63) is 0 Å². The summed E-state index contributed by atoms with van der Waals surface area (Å²) in [6.45, 7) is 7.14. The minimum absolute atomic E-state index is 0.546. The average Bonchev–Trinajstić information content (AvgIpc) is 2.71. The molecule has 1 saturated carbocycles. The topological polar surface area (TPSA) is 29.3 Å². The van der Waals surface area contributed by atoms with Crippen LogP contribution < -0.4 is 5.73 Å². The second kappa shape index (κ2) is 3.00. The van der Waals surface area contributed by atoms with Gasteiger partial charge >= 0.3 is 0 Å². The summed E-state index contributed by atoms with van der Waals surface area (Å²) >= 11 is 0. The normalized spacial score (nSPS) is 34.0. The molecule has 2 N–H and O–H groups in total. The zero-order chi connectivity index (χ0) is 8.60. The standard InChI is InChI=1S/C10H20N2/c1-9-2-5-12(6-9)8-10(7-11)3-4-10/h9H,2-8,11H2,1H3. The van der Waals surface area contributed by atoms with Gasteiger partial charge in [-0.1, -0.05) is 6.92 Å². The molecule has 2 aliphatic rings. The van der Waals surface area contributed by atoms with Crippen LogP contribution in [-0.4, -0.2) is 31.1 Å². The van der Waals surface area contributed by atoms with Crippen LogP contribution >= 0.6 is 0 Å². The van der Waals surface area contributed by atoms with Crippen molar-refractivity contribution in [2.24, 2.45) is 17.1 Å². The molecule has 0 aromatic heterocycles. The van der Waals surface area contributed by atoms with Crippen molar-refractivity contribution in [1.29, 1.82) is 0 Å². The molecule has 2 heteroatoms. The third-order valence-corrected chi connectivity index (χ3v) is 3.46. The minimum Gasteiger partial charge on any atom is -0.330 e. The number of hydrogen-bond acceptors (Lipinski definition) is 2. The van der Waals surface area contributed by atoms with Crippen LogP contribution in [0.1, 0.15) is 26.2 Å². The molecule has 2 rings (SSSR count). The maximum Gasteiger partial charge on any atom is 0.00502 e. The van der Waals surface area contributed by atoms with Crippen LogP contribution in [0.15, 0.2) is 0 Å². The van der Waals surface area contributed by atoms with Gasteiger partial charge in [0.05, 0.1) is 0 Å². The monoisotopic (exact) mass is 168 g/mol. The molecule has 12 heavy (non-hydrogen) atoms. The number of hydrogen-bond donors (Lipinski definition) is 1. The highest BCUT2D eigenvalue weighted by Crippen LogP contribution is 2.45. The molecular formula is C10H20N2. The lowest BCUT2D eigenvalue weighted by atomic mass is 10.1. The van der Waals surface area contributed by atoms with Crippen LogP contribution in [0.4, 0.5) is 0 Å². The Balaban J connectivity index is 1.80. The Morgan fingerprint density at radius 1 is 1.50 bits per heavy atom. The van der Waals surface area contributed by atoms with Crippen LogP contribution in [0.5, 0.6) is 0 Å². The first kappa shape index (κ1) is 8.52. The van der Waals surface area contributed by atoms with Crippen LogP contribution in [0, 0.1) is 11.3 Å². The summed E-state index contributed by atoms with van der Waals surface area (Å²) in [6, 6.07) is 0. The summed E-state index contributed by atoms with van der Waals surface area (Å²) in [5.74, 6) is 0.915. The maximum absolute atomic E-state index is 5.75. The second-order valence-electron chi connectivity index (χ2n) is 4.83. The van der Waals surface area contributed by atoms with Crippen LogP contribution in [-0.2, 0) is 0 Å². The SMILES string of the molecule is CC1CCN(CC2(CN)CC2)C1. The van der Waals surface area contributed by atoms with E-state index in [1.807, 2.05) is 0 Å². The summed E-state index contributed by atoms with van der Waals surface area (Å²) < 4.78 is 0. The number of nitrogens with zero attached hydrogens (tertiary/aromatic N) is 1. The van der Waals surface area contributed by atoms with Gasteiger partial charge in [0.1, 0.15) is 0 Å². The highest BCUT2D eigenvalue weighted by Gasteiger charge is 2.43. The lowest BCUT2D eigenvalue weighted by molar-refractivity contribution is 0.261. The molecule has 0 aromatic carbocycles. The molecule has 2 nitrogen and oxygen atoms in total. The van der Waals surface area contributed by atoms with E-state index in [1.165, 1.54) is 38.9 Å². The summed E-state index contributed by atoms with van der Waals surface area (Å²) in [6.07, 6.45) is 4.13. The Bertz CT molecular complexity index is 163. The third kappa shape index (κ3) is 1.64. The Morgan fingerprint density at radius 2 is 2.25 bits per heavy atom. The smallest absolute Gasteiger partial charge is 0.00502 e. The van der Waals surface area contributed by atoms with Gasteiger partial charge < -0.3 is 10.6 Å². The van der Waals surface area contributed by atoms with Crippen molar-refractivity contribution in [3.63, 3.8) is 0 Å². The fourth-order valence-electron chi connectivity index (χ4n) is 2.25. The molecule has 70 valence electrons. The summed E-state index contributed by atoms with van der Waals surface area (Å²) in [4.78, 5) is 2.60. The molecular weight excluding hydrogens is 148 g/mol. The van der Waals surface area contributed by atoms with Gasteiger partial charge in [-0.25, -0.2) is 0 Å². The molecule has 1 heterocycles. The Hall–Kier alpha value is -0.0800. The van der Waals surface area contributed by atoms with Crippen LogP contribution in [0.2, 0.25) is 0 Å². The lowest BCUT2D eigenvalue weighted by Gasteiger charge is -2.21. The molecule has 0 spiro atoms. The van der Waals surface area contributed by atoms with Crippen LogP contribution in [0.3, 0.4) is 0 Å². The molecule has 1 unspecified atom stereocenters. The predicted molar refractivity (Wildman–Crippen MR) is 50.9 cm³/mol. The first-order chi connectivity index (χ1) is 5.74. The van der Waals surface area contributed by atoms with Gasteiger partial charge in [-0.2, -0.15) is 0 Å². The summed E-state index contributed by atoms with van der Waals surface area (Å²) in [7, 11) is 0. The van der Waals surface area contributed by atoms with Gasteiger partial charge in [0.15, 0.2) is 0 Å². The third-order valence-electron chi connectivity index (χ3n) is 3.46. The summed E-state index contributed by atoms with van der Waals surface area (Å²) in [5, 5.41) is 0. The molecule has 1 aliphatic heterocycles. The fourth-order valence-corrected chi connectivity index (χ4v) is 2.25. The van der Waals surface area contributed by atoms with Gasteiger partial charge in [-0.3, -0.25) is 0 Å². The summed E-state index contributed by atoms with van der Waals surface area (Å²) in [5.41, 5.74) is 6.30. The van der Waals surface area contributed by atoms with E-state index in [0.717, 1.165) is 12.5 Å². The van der Waals surface area contributed by atoms with Crippen molar-refractivity contribution in [2.45, 2.75) is 26.2 Å². The van der Waals surface area contributed by atoms with E-state index in [0.29, 0.717) is 5.41 Å². The maximum atomic E-state index is 5.75. The molecule has 0 bridgehead atoms. The molecule has 0 aromatic rings. The number of rotatable bonds is 3. The van der Waals surface area contributed by atoms with Gasteiger partial charge in [0, 0.05) is 13.1 Å². The molecule has 1 aliphatic carbocycles. The number of nitrogens with two attached hydrogens (primary N) is 1. The van der Waals surface area contributed by atoms with Crippen molar-refractivity contribution < 1.29 is 0 Å². The van der Waals surface area contributed by atoms with E-state index in [9.17, 15) is 0 Å². The van der Waals surface area contributed by atoms with E-state index in [1.54, 1.807) is 0 Å². The van der Waals surface area contributed by atoms with E-state index in [4.69, 9.17) is 5.73 Å². The van der Waals surface area contributed by atoms with Crippen molar-refractivity contribution >= 4 is 0 Å². The largest absolute Gasteiger partial charge is 0.330 e. The molecule has 1 saturated heterocycles. The van der Waals surface area contributed by atoms with E-state index in [-0.39, 0.29) is 0 Å². The minimum atomic E-state index is 0.546. The molecule has 0 amide bonds. The van der Waals surface area contributed by atoms with Crippen LogP contribution in [0.25, 0.3) is 0 Å². The van der Waals surface area contributed by atoms with Gasteiger partial charge in [-0.15, -0.1) is 0 Å². The molecule has 0 radical (unpaired) electrons. The quantitative estimate of drug-likeness (QED) is 0.683. The molecule has 1 atom stereocenters. The fraction of sp³-hybridized carbons (Fsp3) is 1.00. The molecule has 2 fully saturated rings. The number of likely N-dealkylation sites (tertiary alicyclic amines) is 1. The van der Waals surface area contributed by atoms with Crippen molar-refractivity contribution in [1.82, 2.24) is 4.90 Å². The zero-order valence-electron chi connectivity index (χ0n) is 8.05. The van der Waals surface area contributed by atoms with E-state index < -0.39 is 0 Å². The Labute approximate surface area is 75.1 Å².